The Morgan fingerprint density at radius 3 is 1.00 bits per heavy atom. The van der Waals surface area contributed by atoms with Crippen LogP contribution in [0.1, 0.15) is 20.7 Å². The number of carboxylic acids is 1. The number of esters is 1. The zero-order chi connectivity index (χ0) is 65.7. The molecule has 0 aliphatic heterocycles. The first-order chi connectivity index (χ1) is 40.7. The van der Waals surface area contributed by atoms with Crippen LogP contribution >= 0.6 is 0 Å². The summed E-state index contributed by atoms with van der Waals surface area (Å²) in [5, 5.41) is 71.5. The van der Waals surface area contributed by atoms with Crippen molar-refractivity contribution in [3.63, 3.8) is 0 Å². The molecule has 0 aliphatic carbocycles. The van der Waals surface area contributed by atoms with Crippen molar-refractivity contribution in [2.24, 2.45) is 0 Å². The number of rotatable bonds is 25. The van der Waals surface area contributed by atoms with Gasteiger partial charge in [-0.1, -0.05) is 0 Å². The molecular weight excluding hydrogens is 1240 g/mol. The van der Waals surface area contributed by atoms with E-state index in [0.717, 1.165) is 36.4 Å². The fraction of sp³-hybridized carbons (Fsp3) is 0.222. The quantitative estimate of drug-likeness (QED) is 0.00422. The monoisotopic (exact) mass is 1270 g/mol. The third kappa shape index (κ3) is 20.5. The fourth-order valence-corrected chi connectivity index (χ4v) is 5.83. The van der Waals surface area contributed by atoms with Crippen LogP contribution in [0.4, 0.5) is 82.0 Å². The molecule has 0 atom stereocenters. The van der Waals surface area contributed by atoms with Crippen LogP contribution in [0.3, 0.4) is 0 Å². The van der Waals surface area contributed by atoms with E-state index in [4.69, 9.17) is 34.1 Å². The molecule has 2 amide bonds. The van der Waals surface area contributed by atoms with Gasteiger partial charge in [0.2, 0.25) is 105 Å². The molecule has 87 heavy (non-hydrogen) atoms. The third-order valence-corrected chi connectivity index (χ3v) is 9.77. The summed E-state index contributed by atoms with van der Waals surface area (Å²) in [7, 11) is -3.98. The highest BCUT2D eigenvalue weighted by Crippen LogP contribution is 2.33. The topological polar surface area (TPSA) is 361 Å². The molecule has 0 spiro atoms. The number of carboxylic acid groups (broad SMARTS) is 1. The molecule has 0 saturated heterocycles. The van der Waals surface area contributed by atoms with Gasteiger partial charge in [0.05, 0.1) is 49.5 Å². The Morgan fingerprint density at radius 2 is 0.701 bits per heavy atom. The molecule has 0 unspecified atom stereocenters. The molecule has 7 N–H and O–H groups in total. The van der Waals surface area contributed by atoms with Gasteiger partial charge in [-0.2, -0.15) is 26.3 Å². The van der Waals surface area contributed by atoms with E-state index in [-0.39, 0.29) is 74.8 Å². The summed E-state index contributed by atoms with van der Waals surface area (Å²) in [6.07, 6.45) is -2.56. The maximum Gasteiger partial charge on any atom is 0.519 e. The van der Waals surface area contributed by atoms with Gasteiger partial charge in [-0.25, -0.2) is 53.9 Å². The number of benzene rings is 5. The summed E-state index contributed by atoms with van der Waals surface area (Å²) in [6.45, 7) is -1.48. The fourth-order valence-electron chi connectivity index (χ4n) is 5.83. The van der Waals surface area contributed by atoms with Crippen LogP contribution in [0.15, 0.2) is 36.4 Å². The third-order valence-electron chi connectivity index (χ3n) is 9.77. The summed E-state index contributed by atoms with van der Waals surface area (Å²) >= 11 is 0. The summed E-state index contributed by atoms with van der Waals surface area (Å²) < 4.78 is 227. The van der Waals surface area contributed by atoms with Gasteiger partial charge in [0, 0.05) is 48.5 Å². The Balaban J connectivity index is 0.000000350. The molecule has 0 heterocycles. The first-order valence-corrected chi connectivity index (χ1v) is 22.8. The first kappa shape index (κ1) is 72.1. The zero-order valence-corrected chi connectivity index (χ0v) is 42.5. The van der Waals surface area contributed by atoms with Gasteiger partial charge in [0.25, 0.3) is 23.2 Å². The smallest absolute Gasteiger partial charge is 0.480 e. The maximum absolute atomic E-state index is 13.5. The molecule has 25 nitrogen and oxygen atoms in total. The summed E-state index contributed by atoms with van der Waals surface area (Å²) in [6, 6.07) is 5.98. The molecule has 0 aliphatic rings. The molecule has 42 heteroatoms. The van der Waals surface area contributed by atoms with E-state index in [9.17, 15) is 120 Å². The number of ether oxygens (including phenoxy) is 7. The van der Waals surface area contributed by atoms with E-state index in [0.29, 0.717) is 0 Å². The van der Waals surface area contributed by atoms with Gasteiger partial charge < -0.3 is 69.0 Å². The van der Waals surface area contributed by atoms with Crippen molar-refractivity contribution in [3.05, 3.63) is 155 Å². The number of non-ortho nitro benzene ring substituents is 2. The van der Waals surface area contributed by atoms with Crippen LogP contribution in [-0.4, -0.2) is 145 Å². The highest BCUT2D eigenvalue weighted by Gasteiger charge is 2.33. The largest absolute Gasteiger partial charge is 0.519 e. The predicted molar refractivity (Wildman–Crippen MR) is 252 cm³/mol. The molecule has 5 aromatic carbocycles. The van der Waals surface area contributed by atoms with E-state index in [1.807, 2.05) is 0 Å². The molecule has 0 bridgehead atoms. The number of halogens is 15. The average molecular weight is 1270 g/mol. The Hall–Kier alpha value is -9.19. The number of carbonyl (C=O) groups is 5. The number of carbonyl (C=O) groups excluding carboxylic acids is 4. The standard InChI is InChI=1S/C19H16BF5N2O9.C13H17BN2O9.C13F10O3/c21-13-14(22)16(24)18(17(25)15(13)23)36-12(28)8-35-4-3-34-2-1-26-19(29)9-5-10(20(30)31)7-11(6-9)27(32)33;17-12(18)8-25-4-3-24-2-1-15-13(19)9-5-10(14(20)21)7-11(6-9)16(22)23;14-1-3(16)7(20)11(8(21)4(1)17)25-13(24)26-12-9(22)5(18)2(15)6(19)10(12)23/h5-7,30-31H,1-4,8H2,(H,26,29);5-7,20-21H,1-4,8H2,(H,15,19)(H,17,18);. The second kappa shape index (κ2) is 33.5. The van der Waals surface area contributed by atoms with Crippen LogP contribution in [0.5, 0.6) is 17.2 Å². The summed E-state index contributed by atoms with van der Waals surface area (Å²) in [5.74, 6) is -47.8. The lowest BCUT2D eigenvalue weighted by Crippen LogP contribution is -2.33. The van der Waals surface area contributed by atoms with Gasteiger partial charge >= 0.3 is 32.3 Å². The van der Waals surface area contributed by atoms with Gasteiger partial charge in [0.1, 0.15) is 13.2 Å². The lowest BCUT2D eigenvalue weighted by Gasteiger charge is -2.10. The molecule has 0 radical (unpaired) electrons. The highest BCUT2D eigenvalue weighted by molar-refractivity contribution is 6.59. The molecule has 0 saturated carbocycles. The predicted octanol–water partition coefficient (Wildman–Crippen LogP) is 3.12. The van der Waals surface area contributed by atoms with Gasteiger partial charge in [-0.15, -0.1) is 0 Å². The Bertz CT molecular complexity index is 3240. The minimum Gasteiger partial charge on any atom is -0.480 e. The van der Waals surface area contributed by atoms with Gasteiger partial charge in [-0.05, 0) is 23.1 Å². The van der Waals surface area contributed by atoms with Crippen molar-refractivity contribution in [2.75, 3.05) is 65.9 Å². The minimum absolute atomic E-state index is 0.0825. The van der Waals surface area contributed by atoms with Crippen molar-refractivity contribution >= 4 is 66.4 Å². The number of nitrogens with zero attached hydrogens (tertiary/aromatic N) is 2. The zero-order valence-electron chi connectivity index (χ0n) is 42.5. The van der Waals surface area contributed by atoms with E-state index in [2.05, 4.69) is 24.8 Å². The maximum atomic E-state index is 13.5. The first-order valence-electron chi connectivity index (χ1n) is 22.8. The van der Waals surface area contributed by atoms with Gasteiger partial charge in [0.15, 0.2) is 0 Å². The number of hydrogen-bond donors (Lipinski definition) is 7. The molecule has 0 fully saturated rings. The Kier molecular flexibility index (Phi) is 27.7. The number of nitro groups is 2. The average Bonchev–Trinajstić information content (AvgIpc) is 1.30. The Morgan fingerprint density at radius 1 is 0.414 bits per heavy atom. The van der Waals surface area contributed by atoms with E-state index in [1.54, 1.807) is 0 Å². The van der Waals surface area contributed by atoms with E-state index < -0.39 is 183 Å². The van der Waals surface area contributed by atoms with Crippen LogP contribution in [-0.2, 0) is 28.5 Å². The second-order valence-electron chi connectivity index (χ2n) is 15.7. The number of nitrogens with one attached hydrogen (secondary N) is 2. The van der Waals surface area contributed by atoms with Crippen LogP contribution in [0.25, 0.3) is 0 Å². The van der Waals surface area contributed by atoms with Crippen molar-refractivity contribution in [2.45, 2.75) is 0 Å². The Labute approximate surface area is 472 Å². The molecule has 470 valence electrons. The lowest BCUT2D eigenvalue weighted by molar-refractivity contribution is -0.385. The molecule has 0 aromatic heterocycles. The van der Waals surface area contributed by atoms with E-state index >= 15 is 0 Å². The van der Waals surface area contributed by atoms with Crippen molar-refractivity contribution in [1.29, 1.82) is 0 Å². The normalized spacial score (nSPS) is 10.7. The SMILES string of the molecule is O=C(COCCOCCNC(=O)c1cc(B(O)O)cc([N+](=O)[O-])c1)Oc1c(F)c(F)c(F)c(F)c1F.O=C(O)COCCOCCNC(=O)c1cc(B(O)O)cc([N+](=O)[O-])c1.O=C(Oc1c(F)c(F)c(F)c(F)c1F)Oc1c(F)c(F)c(F)c(F)c1F. The van der Waals surface area contributed by atoms with Crippen molar-refractivity contribution < 1.29 is 158 Å². The lowest BCUT2D eigenvalue weighted by atomic mass is 9.79. The highest BCUT2D eigenvalue weighted by atomic mass is 19.2. The minimum atomic E-state index is -2.62. The van der Waals surface area contributed by atoms with Crippen LogP contribution in [0.2, 0.25) is 0 Å². The van der Waals surface area contributed by atoms with Crippen LogP contribution in [0, 0.1) is 107 Å². The number of amides is 2. The molecular formula is C45H33B2F15N4O21. The number of aliphatic carboxylic acids is 1. The van der Waals surface area contributed by atoms with Crippen molar-refractivity contribution in [1.82, 2.24) is 10.6 Å². The van der Waals surface area contributed by atoms with Crippen LogP contribution < -0.4 is 35.8 Å². The van der Waals surface area contributed by atoms with Crippen molar-refractivity contribution in [3.8, 4) is 17.2 Å². The molecule has 5 rings (SSSR count). The number of nitro benzene ring substituents is 2. The molecule has 5 aromatic rings. The van der Waals surface area contributed by atoms with E-state index in [1.165, 1.54) is 0 Å². The number of hydrogen-bond acceptors (Lipinski definition) is 20. The second-order valence-corrected chi connectivity index (χ2v) is 15.7. The summed E-state index contributed by atoms with van der Waals surface area (Å²) in [5.41, 5.74) is -1.71. The summed E-state index contributed by atoms with van der Waals surface area (Å²) in [4.78, 5) is 77.2. The van der Waals surface area contributed by atoms with Gasteiger partial charge in [-0.3, -0.25) is 29.8 Å².